The second-order valence-electron chi connectivity index (χ2n) is 4.71. The van der Waals surface area contributed by atoms with Crippen LogP contribution in [0.5, 0.6) is 0 Å². The molecule has 0 radical (unpaired) electrons. The van der Waals surface area contributed by atoms with E-state index in [-0.39, 0.29) is 6.10 Å². The summed E-state index contributed by atoms with van der Waals surface area (Å²) in [5.74, 6) is 0. The van der Waals surface area contributed by atoms with Crippen molar-refractivity contribution < 1.29 is 5.11 Å². The fraction of sp³-hybridized carbons (Fsp3) is 0.800. The monoisotopic (exact) mass is 184 g/mol. The summed E-state index contributed by atoms with van der Waals surface area (Å²) in [6, 6.07) is 0. The minimum atomic E-state index is -1.24. The van der Waals surface area contributed by atoms with Gasteiger partial charge in [-0.25, -0.2) is 0 Å². The SMILES string of the molecule is C[Si](C)(C)C1=CCCCCC1O. The van der Waals surface area contributed by atoms with E-state index in [1.54, 1.807) is 0 Å². The molecule has 0 bridgehead atoms. The van der Waals surface area contributed by atoms with Gasteiger partial charge in [-0.05, 0) is 19.3 Å². The van der Waals surface area contributed by atoms with E-state index in [2.05, 4.69) is 25.7 Å². The molecular weight excluding hydrogens is 164 g/mol. The number of hydrogen-bond acceptors (Lipinski definition) is 1. The van der Waals surface area contributed by atoms with E-state index in [1.807, 2.05) is 0 Å². The van der Waals surface area contributed by atoms with Crippen LogP contribution in [-0.2, 0) is 0 Å². The van der Waals surface area contributed by atoms with Crippen LogP contribution in [0.25, 0.3) is 0 Å². The smallest absolute Gasteiger partial charge is 0.0753 e. The first-order chi connectivity index (χ1) is 5.52. The van der Waals surface area contributed by atoms with Crippen molar-refractivity contribution in [1.29, 1.82) is 0 Å². The minimum absolute atomic E-state index is 0.126. The predicted molar refractivity (Wildman–Crippen MR) is 55.9 cm³/mol. The first-order valence-corrected chi connectivity index (χ1v) is 8.40. The number of rotatable bonds is 1. The highest BCUT2D eigenvalue weighted by Crippen LogP contribution is 2.25. The third kappa shape index (κ3) is 2.46. The van der Waals surface area contributed by atoms with Gasteiger partial charge in [0.1, 0.15) is 0 Å². The summed E-state index contributed by atoms with van der Waals surface area (Å²) in [4.78, 5) is 0. The van der Waals surface area contributed by atoms with Crippen LogP contribution in [0.3, 0.4) is 0 Å². The Morgan fingerprint density at radius 3 is 2.58 bits per heavy atom. The zero-order valence-electron chi connectivity index (χ0n) is 8.43. The molecule has 1 aliphatic carbocycles. The van der Waals surface area contributed by atoms with E-state index in [0.717, 1.165) is 6.42 Å². The summed E-state index contributed by atoms with van der Waals surface area (Å²) in [5, 5.41) is 11.2. The third-order valence-corrected chi connectivity index (χ3v) is 4.79. The molecule has 0 saturated heterocycles. The van der Waals surface area contributed by atoms with Gasteiger partial charge < -0.3 is 5.11 Å². The fourth-order valence-corrected chi connectivity index (χ4v) is 3.74. The van der Waals surface area contributed by atoms with E-state index in [4.69, 9.17) is 0 Å². The number of allylic oxidation sites excluding steroid dienone is 1. The van der Waals surface area contributed by atoms with Crippen molar-refractivity contribution in [2.45, 2.75) is 51.4 Å². The lowest BCUT2D eigenvalue weighted by molar-refractivity contribution is 0.205. The summed E-state index contributed by atoms with van der Waals surface area (Å²) >= 11 is 0. The molecule has 0 fully saturated rings. The van der Waals surface area contributed by atoms with Gasteiger partial charge in [0.15, 0.2) is 0 Å². The average Bonchev–Trinajstić information content (AvgIpc) is 2.11. The highest BCUT2D eigenvalue weighted by Gasteiger charge is 2.26. The van der Waals surface area contributed by atoms with E-state index < -0.39 is 8.07 Å². The Kier molecular flexibility index (Phi) is 3.13. The molecule has 0 heterocycles. The number of aliphatic hydroxyl groups excluding tert-OH is 1. The van der Waals surface area contributed by atoms with Gasteiger partial charge in [-0.2, -0.15) is 0 Å². The van der Waals surface area contributed by atoms with E-state index in [9.17, 15) is 5.11 Å². The summed E-state index contributed by atoms with van der Waals surface area (Å²) in [6.07, 6.45) is 6.77. The van der Waals surface area contributed by atoms with Gasteiger partial charge in [0.2, 0.25) is 0 Å². The van der Waals surface area contributed by atoms with Crippen LogP contribution in [-0.4, -0.2) is 19.3 Å². The maximum absolute atomic E-state index is 9.85. The normalized spacial score (nSPS) is 26.3. The molecule has 0 aliphatic heterocycles. The molecule has 0 aromatic carbocycles. The van der Waals surface area contributed by atoms with Gasteiger partial charge in [0, 0.05) is 0 Å². The molecule has 1 rings (SSSR count). The number of hydrogen-bond donors (Lipinski definition) is 1. The van der Waals surface area contributed by atoms with Gasteiger partial charge in [-0.3, -0.25) is 0 Å². The Balaban J connectivity index is 2.76. The molecule has 0 aromatic heterocycles. The van der Waals surface area contributed by atoms with Crippen LogP contribution in [0.2, 0.25) is 19.6 Å². The van der Waals surface area contributed by atoms with Crippen molar-refractivity contribution in [2.75, 3.05) is 0 Å². The van der Waals surface area contributed by atoms with Gasteiger partial charge in [-0.1, -0.05) is 37.3 Å². The Morgan fingerprint density at radius 2 is 2.00 bits per heavy atom. The second kappa shape index (κ2) is 3.75. The molecule has 1 aliphatic rings. The molecular formula is C10H20OSi. The quantitative estimate of drug-likeness (QED) is 0.621. The first kappa shape index (κ1) is 10.0. The Bertz CT molecular complexity index is 179. The molecule has 1 nitrogen and oxygen atoms in total. The molecule has 12 heavy (non-hydrogen) atoms. The number of aliphatic hydroxyl groups is 1. The Labute approximate surface area is 76.5 Å². The van der Waals surface area contributed by atoms with Crippen molar-refractivity contribution in [3.63, 3.8) is 0 Å². The highest BCUT2D eigenvalue weighted by molar-refractivity contribution is 6.83. The summed E-state index contributed by atoms with van der Waals surface area (Å²) in [6.45, 7) is 6.94. The van der Waals surface area contributed by atoms with Crippen LogP contribution in [0.4, 0.5) is 0 Å². The molecule has 0 spiro atoms. The topological polar surface area (TPSA) is 20.2 Å². The molecule has 0 saturated carbocycles. The molecule has 0 aromatic rings. The van der Waals surface area contributed by atoms with Crippen molar-refractivity contribution in [3.05, 3.63) is 11.3 Å². The lowest BCUT2D eigenvalue weighted by Gasteiger charge is -2.24. The first-order valence-electron chi connectivity index (χ1n) is 4.90. The lowest BCUT2D eigenvalue weighted by Crippen LogP contribution is -2.31. The fourth-order valence-electron chi connectivity index (χ4n) is 1.84. The maximum Gasteiger partial charge on any atom is 0.0753 e. The highest BCUT2D eigenvalue weighted by atomic mass is 28.3. The predicted octanol–water partition coefficient (Wildman–Crippen LogP) is 2.73. The van der Waals surface area contributed by atoms with Crippen molar-refractivity contribution >= 4 is 8.07 Å². The summed E-state index contributed by atoms with van der Waals surface area (Å²) in [7, 11) is -1.24. The summed E-state index contributed by atoms with van der Waals surface area (Å²) in [5.41, 5.74) is 0. The van der Waals surface area contributed by atoms with Crippen LogP contribution >= 0.6 is 0 Å². The molecule has 1 unspecified atom stereocenters. The molecule has 2 heteroatoms. The van der Waals surface area contributed by atoms with Crippen LogP contribution in [0.1, 0.15) is 25.7 Å². The van der Waals surface area contributed by atoms with Crippen molar-refractivity contribution in [2.24, 2.45) is 0 Å². The van der Waals surface area contributed by atoms with Crippen molar-refractivity contribution in [1.82, 2.24) is 0 Å². The lowest BCUT2D eigenvalue weighted by atomic mass is 10.2. The van der Waals surface area contributed by atoms with Crippen LogP contribution in [0.15, 0.2) is 11.3 Å². The Hall–Kier alpha value is -0.0831. The molecule has 1 atom stereocenters. The maximum atomic E-state index is 9.85. The molecule has 0 amide bonds. The average molecular weight is 184 g/mol. The van der Waals surface area contributed by atoms with Crippen LogP contribution in [0, 0.1) is 0 Å². The largest absolute Gasteiger partial charge is 0.389 e. The van der Waals surface area contributed by atoms with Gasteiger partial charge in [0.05, 0.1) is 14.2 Å². The van der Waals surface area contributed by atoms with Gasteiger partial charge >= 0.3 is 0 Å². The van der Waals surface area contributed by atoms with Crippen LogP contribution < -0.4 is 0 Å². The van der Waals surface area contributed by atoms with E-state index in [1.165, 1.54) is 24.5 Å². The van der Waals surface area contributed by atoms with E-state index in [0.29, 0.717) is 0 Å². The van der Waals surface area contributed by atoms with Gasteiger partial charge in [0.25, 0.3) is 0 Å². The standard InChI is InChI=1S/C10H20OSi/c1-12(2,3)10-8-6-4-5-7-9(10)11/h8-9,11H,4-7H2,1-3H3. The zero-order chi connectivity index (χ0) is 9.19. The Morgan fingerprint density at radius 1 is 1.33 bits per heavy atom. The third-order valence-electron chi connectivity index (χ3n) is 2.52. The van der Waals surface area contributed by atoms with Crippen molar-refractivity contribution in [3.8, 4) is 0 Å². The second-order valence-corrected chi connectivity index (χ2v) is 9.79. The molecule has 1 N–H and O–H groups in total. The van der Waals surface area contributed by atoms with E-state index >= 15 is 0 Å². The minimum Gasteiger partial charge on any atom is -0.389 e. The zero-order valence-corrected chi connectivity index (χ0v) is 9.43. The molecule has 70 valence electrons. The van der Waals surface area contributed by atoms with Gasteiger partial charge in [-0.15, -0.1) is 0 Å². The summed E-state index contributed by atoms with van der Waals surface area (Å²) < 4.78 is 0.